The number of hydrogen-bond acceptors (Lipinski definition) is 5. The Labute approximate surface area is 177 Å². The van der Waals surface area contributed by atoms with Crippen molar-refractivity contribution in [2.75, 3.05) is 31.4 Å². The molecule has 1 aliphatic heterocycles. The number of ether oxygens (including phenoxy) is 2. The molecule has 1 heterocycles. The number of rotatable bonds is 7. The number of carbonyl (C=O) groups excluding carboxylic acids is 1. The summed E-state index contributed by atoms with van der Waals surface area (Å²) in [6, 6.07) is 10.4. The largest absolute Gasteiger partial charge is 0.493 e. The Hall–Kier alpha value is -3.06. The summed E-state index contributed by atoms with van der Waals surface area (Å²) in [4.78, 5) is 14.8. The number of carbonyl (C=O) groups is 1. The van der Waals surface area contributed by atoms with Gasteiger partial charge in [-0.15, -0.1) is 0 Å². The van der Waals surface area contributed by atoms with Crippen LogP contribution < -0.4 is 14.4 Å². The number of amides is 1. The lowest BCUT2D eigenvalue weighted by Crippen LogP contribution is -2.34. The Morgan fingerprint density at radius 1 is 1.20 bits per heavy atom. The zero-order valence-corrected chi connectivity index (χ0v) is 17.9. The van der Waals surface area contributed by atoms with Crippen LogP contribution in [0.1, 0.15) is 17.5 Å². The molecule has 30 heavy (non-hydrogen) atoms. The summed E-state index contributed by atoms with van der Waals surface area (Å²) in [6.07, 6.45) is 7.60. The zero-order chi connectivity index (χ0) is 21.7. The summed E-state index contributed by atoms with van der Waals surface area (Å²) in [6.45, 7) is 4.59. The van der Waals surface area contributed by atoms with Gasteiger partial charge in [0.15, 0.2) is 21.3 Å². The van der Waals surface area contributed by atoms with E-state index in [4.69, 9.17) is 9.47 Å². The molecule has 1 amide bonds. The normalized spacial score (nSPS) is 13.7. The molecular weight excluding hydrogens is 402 g/mol. The van der Waals surface area contributed by atoms with Gasteiger partial charge in [0.2, 0.25) is 0 Å². The molecule has 0 radical (unpaired) electrons. The first-order chi connectivity index (χ1) is 14.3. The minimum absolute atomic E-state index is 0.158. The summed E-state index contributed by atoms with van der Waals surface area (Å²) < 4.78 is 34.5. The Kier molecular flexibility index (Phi) is 6.62. The van der Waals surface area contributed by atoms with Gasteiger partial charge in [0.25, 0.3) is 5.91 Å². The molecule has 2 aromatic rings. The van der Waals surface area contributed by atoms with Gasteiger partial charge in [-0.1, -0.05) is 18.7 Å². The fourth-order valence-electron chi connectivity index (χ4n) is 3.35. The number of sulfone groups is 1. The molecule has 0 saturated heterocycles. The number of fused-ring (bicyclic) bond motifs is 1. The summed E-state index contributed by atoms with van der Waals surface area (Å²) in [5.41, 5.74) is 2.43. The van der Waals surface area contributed by atoms with Gasteiger partial charge in [0.05, 0.1) is 12.0 Å². The zero-order valence-electron chi connectivity index (χ0n) is 17.1. The van der Waals surface area contributed by atoms with Crippen molar-refractivity contribution in [1.29, 1.82) is 0 Å². The summed E-state index contributed by atoms with van der Waals surface area (Å²) in [5, 5.41) is 0. The molecule has 0 atom stereocenters. The Morgan fingerprint density at radius 2 is 2.00 bits per heavy atom. The molecule has 0 aromatic heterocycles. The molecule has 2 aromatic carbocycles. The first kappa shape index (κ1) is 21.6. The number of hydrogen-bond donors (Lipinski definition) is 0. The average molecular weight is 428 g/mol. The Bertz CT molecular complexity index is 1090. The molecule has 0 bridgehead atoms. The molecule has 6 nitrogen and oxygen atoms in total. The third-order valence-corrected chi connectivity index (χ3v) is 5.94. The second-order valence-electron chi connectivity index (χ2n) is 7.00. The molecule has 7 heteroatoms. The van der Waals surface area contributed by atoms with Crippen LogP contribution in [0.2, 0.25) is 0 Å². The van der Waals surface area contributed by atoms with Crippen molar-refractivity contribution in [2.45, 2.75) is 17.7 Å². The number of benzene rings is 2. The van der Waals surface area contributed by atoms with E-state index in [0.717, 1.165) is 29.7 Å². The Morgan fingerprint density at radius 3 is 2.70 bits per heavy atom. The second kappa shape index (κ2) is 9.17. The standard InChI is InChI=1S/C23H25NO5S/c1-4-14-29-21-11-7-17(15-22(21)28-2)8-12-23(25)24-13-5-6-18-16-19(30(3,26)27)9-10-20(18)24/h4,7-12,15-16H,1,5-6,13-14H2,2-3H3/b12-8+. The lowest BCUT2D eigenvalue weighted by molar-refractivity contribution is -0.114. The van der Waals surface area contributed by atoms with Crippen LogP contribution in [-0.2, 0) is 21.1 Å². The molecule has 0 N–H and O–H groups in total. The highest BCUT2D eigenvalue weighted by atomic mass is 32.2. The first-order valence-electron chi connectivity index (χ1n) is 9.58. The third kappa shape index (κ3) is 4.91. The fraction of sp³-hybridized carbons (Fsp3) is 0.261. The van der Waals surface area contributed by atoms with Crippen LogP contribution in [0.3, 0.4) is 0 Å². The van der Waals surface area contributed by atoms with Gasteiger partial charge in [-0.25, -0.2) is 8.42 Å². The van der Waals surface area contributed by atoms with Crippen LogP contribution in [0, 0.1) is 0 Å². The highest BCUT2D eigenvalue weighted by Gasteiger charge is 2.22. The van der Waals surface area contributed by atoms with Crippen molar-refractivity contribution in [1.82, 2.24) is 0 Å². The minimum Gasteiger partial charge on any atom is -0.493 e. The van der Waals surface area contributed by atoms with Crippen molar-refractivity contribution in [3.63, 3.8) is 0 Å². The summed E-state index contributed by atoms with van der Waals surface area (Å²) >= 11 is 0. The van der Waals surface area contributed by atoms with Crippen molar-refractivity contribution < 1.29 is 22.7 Å². The van der Waals surface area contributed by atoms with Gasteiger partial charge in [-0.2, -0.15) is 0 Å². The smallest absolute Gasteiger partial charge is 0.250 e. The summed E-state index contributed by atoms with van der Waals surface area (Å²) in [5.74, 6) is 1.02. The predicted molar refractivity (Wildman–Crippen MR) is 118 cm³/mol. The third-order valence-electron chi connectivity index (χ3n) is 4.83. The van der Waals surface area contributed by atoms with E-state index in [1.54, 1.807) is 54.5 Å². The minimum atomic E-state index is -3.28. The monoisotopic (exact) mass is 427 g/mol. The average Bonchev–Trinajstić information content (AvgIpc) is 2.74. The quantitative estimate of drug-likeness (QED) is 0.498. The van der Waals surface area contributed by atoms with Gasteiger partial charge < -0.3 is 14.4 Å². The van der Waals surface area contributed by atoms with E-state index in [1.165, 1.54) is 12.3 Å². The van der Waals surface area contributed by atoms with Gasteiger partial charge in [-0.05, 0) is 60.4 Å². The van der Waals surface area contributed by atoms with E-state index in [0.29, 0.717) is 24.7 Å². The predicted octanol–water partition coefficient (Wildman–Crippen LogP) is 3.66. The van der Waals surface area contributed by atoms with Crippen LogP contribution >= 0.6 is 0 Å². The van der Waals surface area contributed by atoms with E-state index in [1.807, 2.05) is 6.07 Å². The maximum absolute atomic E-state index is 12.8. The fourth-order valence-corrected chi connectivity index (χ4v) is 4.02. The second-order valence-corrected chi connectivity index (χ2v) is 9.02. The molecule has 0 saturated carbocycles. The van der Waals surface area contributed by atoms with E-state index in [-0.39, 0.29) is 10.8 Å². The molecular formula is C23H25NO5S. The van der Waals surface area contributed by atoms with Gasteiger partial charge >= 0.3 is 0 Å². The molecule has 3 rings (SSSR count). The van der Waals surface area contributed by atoms with Crippen LogP contribution in [0.5, 0.6) is 11.5 Å². The first-order valence-corrected chi connectivity index (χ1v) is 11.5. The highest BCUT2D eigenvalue weighted by molar-refractivity contribution is 7.90. The maximum Gasteiger partial charge on any atom is 0.250 e. The SMILES string of the molecule is C=CCOc1ccc(/C=C/C(=O)N2CCCc3cc(S(C)(=O)=O)ccc32)cc1OC. The summed E-state index contributed by atoms with van der Waals surface area (Å²) in [7, 11) is -1.72. The number of nitrogens with zero attached hydrogens (tertiary/aromatic N) is 1. The van der Waals surface area contributed by atoms with E-state index >= 15 is 0 Å². The lowest BCUT2D eigenvalue weighted by atomic mass is 10.0. The van der Waals surface area contributed by atoms with E-state index in [9.17, 15) is 13.2 Å². The van der Waals surface area contributed by atoms with Crippen LogP contribution in [0.15, 0.2) is 60.0 Å². The lowest BCUT2D eigenvalue weighted by Gasteiger charge is -2.29. The van der Waals surface area contributed by atoms with Gasteiger partial charge in [0.1, 0.15) is 6.61 Å². The van der Waals surface area contributed by atoms with Crippen molar-refractivity contribution in [2.24, 2.45) is 0 Å². The number of aryl methyl sites for hydroxylation is 1. The van der Waals surface area contributed by atoms with Crippen LogP contribution in [0.4, 0.5) is 5.69 Å². The molecule has 0 unspecified atom stereocenters. The number of methoxy groups -OCH3 is 1. The maximum atomic E-state index is 12.8. The Balaban J connectivity index is 1.80. The molecule has 0 aliphatic carbocycles. The molecule has 0 spiro atoms. The molecule has 0 fully saturated rings. The number of anilines is 1. The van der Waals surface area contributed by atoms with Crippen molar-refractivity contribution >= 4 is 27.5 Å². The van der Waals surface area contributed by atoms with Crippen molar-refractivity contribution in [3.8, 4) is 11.5 Å². The van der Waals surface area contributed by atoms with Gasteiger partial charge in [-0.3, -0.25) is 4.79 Å². The van der Waals surface area contributed by atoms with Crippen LogP contribution in [0.25, 0.3) is 6.08 Å². The topological polar surface area (TPSA) is 72.9 Å². The van der Waals surface area contributed by atoms with E-state index in [2.05, 4.69) is 6.58 Å². The van der Waals surface area contributed by atoms with Crippen molar-refractivity contribution in [3.05, 3.63) is 66.3 Å². The molecule has 1 aliphatic rings. The molecule has 158 valence electrons. The van der Waals surface area contributed by atoms with Crippen LogP contribution in [-0.4, -0.2) is 40.8 Å². The van der Waals surface area contributed by atoms with E-state index < -0.39 is 9.84 Å². The van der Waals surface area contributed by atoms with Gasteiger partial charge in [0, 0.05) is 24.6 Å². The highest BCUT2D eigenvalue weighted by Crippen LogP contribution is 2.31.